The average Bonchev–Trinajstić information content (AvgIpc) is 1.80. The number of amides is 1. The van der Waals surface area contributed by atoms with Crippen LogP contribution in [0.4, 0.5) is 0 Å². The van der Waals surface area contributed by atoms with Gasteiger partial charge in [0.25, 0.3) is 5.91 Å². The Balaban J connectivity index is 2.72. The molecule has 1 atom stereocenters. The van der Waals surface area contributed by atoms with Gasteiger partial charge < -0.3 is 5.32 Å². The van der Waals surface area contributed by atoms with E-state index in [0.29, 0.717) is 11.4 Å². The maximum Gasteiger partial charge on any atom is 0.257 e. The van der Waals surface area contributed by atoms with Gasteiger partial charge in [0.1, 0.15) is 0 Å². The predicted molar refractivity (Wildman–Crippen MR) is 47.8 cm³/mol. The highest BCUT2D eigenvalue weighted by molar-refractivity contribution is 14.1. The molecule has 1 heterocycles. The van der Waals surface area contributed by atoms with E-state index in [1.165, 1.54) is 0 Å². The van der Waals surface area contributed by atoms with Gasteiger partial charge in [0, 0.05) is 6.54 Å². The minimum absolute atomic E-state index is 0.0336. The first-order valence-corrected chi connectivity index (χ1v) is 4.49. The lowest BCUT2D eigenvalue weighted by Crippen LogP contribution is -2.33. The predicted octanol–water partition coefficient (Wildman–Crippen LogP) is 1.20. The largest absolute Gasteiger partial charge is 0.350 e. The Morgan fingerprint density at radius 3 is 3.00 bits per heavy atom. The first kappa shape index (κ1) is 7.53. The zero-order valence-corrected chi connectivity index (χ0v) is 8.27. The molecule has 0 saturated heterocycles. The topological polar surface area (TPSA) is 29.1 Å². The van der Waals surface area contributed by atoms with Gasteiger partial charge in [-0.05, 0) is 22.6 Å². The molecule has 1 amide bonds. The number of hydrogen-bond donors (Lipinski definition) is 1. The van der Waals surface area contributed by atoms with Crippen LogP contribution in [-0.2, 0) is 4.79 Å². The summed E-state index contributed by atoms with van der Waals surface area (Å²) in [7, 11) is 0. The maximum atomic E-state index is 10.7. The highest BCUT2D eigenvalue weighted by Gasteiger charge is 2.14. The van der Waals surface area contributed by atoms with Crippen LogP contribution in [0.2, 0.25) is 0 Å². The second-order valence-corrected chi connectivity index (χ2v) is 4.08. The molecule has 4 heteroatoms. The van der Waals surface area contributed by atoms with Crippen molar-refractivity contribution in [1.29, 1.82) is 0 Å². The van der Waals surface area contributed by atoms with E-state index in [1.54, 1.807) is 0 Å². The summed E-state index contributed by atoms with van der Waals surface area (Å²) in [6.07, 6.45) is 1.90. The van der Waals surface area contributed by atoms with Crippen LogP contribution in [-0.4, -0.2) is 17.3 Å². The van der Waals surface area contributed by atoms with Crippen LogP contribution < -0.4 is 5.32 Å². The third-order valence-electron chi connectivity index (χ3n) is 1.00. The Bertz CT molecular complexity index is 168. The van der Waals surface area contributed by atoms with Crippen molar-refractivity contribution >= 4 is 44.4 Å². The van der Waals surface area contributed by atoms with Gasteiger partial charge >= 0.3 is 0 Å². The van der Waals surface area contributed by atoms with Gasteiger partial charge in [-0.25, -0.2) is 0 Å². The third-order valence-corrected chi connectivity index (χ3v) is 2.44. The van der Waals surface area contributed by atoms with Crippen LogP contribution in [0.3, 0.4) is 0 Å². The Kier molecular flexibility index (Phi) is 2.51. The lowest BCUT2D eigenvalue weighted by atomic mass is 10.3. The van der Waals surface area contributed by atoms with Crippen molar-refractivity contribution in [2.45, 2.75) is 4.83 Å². The van der Waals surface area contributed by atoms with Crippen molar-refractivity contribution in [1.82, 2.24) is 5.32 Å². The van der Waals surface area contributed by atoms with E-state index in [-0.39, 0.29) is 5.91 Å². The molecule has 1 rings (SSSR count). The van der Waals surface area contributed by atoms with E-state index in [1.807, 2.05) is 28.7 Å². The summed E-state index contributed by atoms with van der Waals surface area (Å²) in [5.74, 6) is 0.0336. The lowest BCUT2D eigenvalue weighted by molar-refractivity contribution is -0.116. The number of hydrogen-bond acceptors (Lipinski definition) is 1. The first-order valence-electron chi connectivity index (χ1n) is 2.50. The molecule has 1 aliphatic rings. The maximum absolute atomic E-state index is 10.7. The molecule has 50 valence electrons. The molecule has 0 spiro atoms. The fraction of sp³-hybridized carbons (Fsp3) is 0.400. The Morgan fingerprint density at radius 1 is 1.89 bits per heavy atom. The van der Waals surface area contributed by atoms with Crippen molar-refractivity contribution < 1.29 is 4.79 Å². The highest BCUT2D eigenvalue weighted by Crippen LogP contribution is 2.14. The first-order chi connectivity index (χ1) is 4.20. The fourth-order valence-corrected chi connectivity index (χ4v) is 2.11. The smallest absolute Gasteiger partial charge is 0.257 e. The summed E-state index contributed by atoms with van der Waals surface area (Å²) in [5, 5.41) is 2.72. The molecule has 0 bridgehead atoms. The van der Waals surface area contributed by atoms with Gasteiger partial charge in [0.05, 0.1) is 8.41 Å². The van der Waals surface area contributed by atoms with Gasteiger partial charge in [0.2, 0.25) is 0 Å². The molecule has 0 saturated carbocycles. The summed E-state index contributed by atoms with van der Waals surface area (Å²) in [6, 6.07) is 0. The zero-order chi connectivity index (χ0) is 6.85. The molecule has 0 aromatic carbocycles. The van der Waals surface area contributed by atoms with Gasteiger partial charge in [-0.15, -0.1) is 0 Å². The van der Waals surface area contributed by atoms with Crippen LogP contribution in [0.1, 0.15) is 0 Å². The summed E-state index contributed by atoms with van der Waals surface area (Å²) in [6.45, 7) is 0.700. The van der Waals surface area contributed by atoms with Crippen molar-refractivity contribution in [2.24, 2.45) is 0 Å². The van der Waals surface area contributed by atoms with Gasteiger partial charge in [0.15, 0.2) is 0 Å². The van der Waals surface area contributed by atoms with E-state index in [9.17, 15) is 4.79 Å². The summed E-state index contributed by atoms with van der Waals surface area (Å²) in [4.78, 5) is 11.0. The quantitative estimate of drug-likeness (QED) is 0.529. The minimum atomic E-state index is 0.0336. The van der Waals surface area contributed by atoms with Crippen LogP contribution >= 0.6 is 38.5 Å². The fourth-order valence-electron chi connectivity index (χ4n) is 0.568. The molecule has 0 aliphatic carbocycles. The number of halogens is 2. The highest BCUT2D eigenvalue weighted by atomic mass is 127. The van der Waals surface area contributed by atoms with Crippen molar-refractivity contribution in [3.8, 4) is 0 Å². The van der Waals surface area contributed by atoms with Crippen LogP contribution in [0.15, 0.2) is 9.66 Å². The molecular weight excluding hydrogens is 297 g/mol. The molecule has 0 radical (unpaired) electrons. The molecule has 2 nitrogen and oxygen atoms in total. The van der Waals surface area contributed by atoms with Gasteiger partial charge in [-0.1, -0.05) is 22.0 Å². The monoisotopic (exact) mass is 301 g/mol. The van der Waals surface area contributed by atoms with Gasteiger partial charge in [-0.2, -0.15) is 0 Å². The molecule has 1 unspecified atom stereocenters. The Morgan fingerprint density at radius 2 is 2.56 bits per heavy atom. The second kappa shape index (κ2) is 3.01. The molecule has 1 aliphatic heterocycles. The normalized spacial score (nSPS) is 27.1. The minimum Gasteiger partial charge on any atom is -0.350 e. The number of carbonyl (C=O) groups excluding carboxylic acids is 1. The Labute approximate surface area is 75.3 Å². The lowest BCUT2D eigenvalue weighted by Gasteiger charge is -2.12. The number of nitrogens with one attached hydrogen (secondary N) is 1. The Hall–Kier alpha value is 0.420. The summed E-state index contributed by atoms with van der Waals surface area (Å²) < 4.78 is 0.765. The molecule has 0 fully saturated rings. The van der Waals surface area contributed by atoms with E-state index in [2.05, 4.69) is 21.2 Å². The second-order valence-electron chi connectivity index (χ2n) is 1.74. The van der Waals surface area contributed by atoms with E-state index >= 15 is 0 Å². The van der Waals surface area contributed by atoms with Crippen LogP contribution in [0.25, 0.3) is 0 Å². The average molecular weight is 302 g/mol. The van der Waals surface area contributed by atoms with Crippen molar-refractivity contribution in [3.63, 3.8) is 0 Å². The SMILES string of the molecule is O=C1NCC(Br)C=C1I. The molecule has 0 aromatic rings. The molecule has 0 aromatic heterocycles. The number of rotatable bonds is 0. The van der Waals surface area contributed by atoms with E-state index in [0.717, 1.165) is 3.58 Å². The van der Waals surface area contributed by atoms with Crippen molar-refractivity contribution in [2.75, 3.05) is 6.54 Å². The van der Waals surface area contributed by atoms with Gasteiger partial charge in [-0.3, -0.25) is 4.79 Å². The summed E-state index contributed by atoms with van der Waals surface area (Å²) >= 11 is 5.38. The molecule has 9 heavy (non-hydrogen) atoms. The molecular formula is C5H5BrINO. The van der Waals surface area contributed by atoms with Crippen LogP contribution in [0.5, 0.6) is 0 Å². The molecule has 1 N–H and O–H groups in total. The van der Waals surface area contributed by atoms with E-state index < -0.39 is 0 Å². The zero-order valence-electron chi connectivity index (χ0n) is 4.53. The third kappa shape index (κ3) is 1.93. The van der Waals surface area contributed by atoms with Crippen molar-refractivity contribution in [3.05, 3.63) is 9.66 Å². The standard InChI is InChI=1S/C5H5BrINO/c6-3-1-4(7)5(9)8-2-3/h1,3H,2H2,(H,8,9). The summed E-state index contributed by atoms with van der Waals surface area (Å²) in [5.41, 5.74) is 0. The number of alkyl halides is 1. The number of carbonyl (C=O) groups is 1. The van der Waals surface area contributed by atoms with Crippen LogP contribution in [0, 0.1) is 0 Å². The van der Waals surface area contributed by atoms with E-state index in [4.69, 9.17) is 0 Å².